The second kappa shape index (κ2) is 7.11. The van der Waals surface area contributed by atoms with E-state index < -0.39 is 0 Å². The van der Waals surface area contributed by atoms with Gasteiger partial charge >= 0.3 is 0 Å². The number of rotatable bonds is 3. The number of piperidine rings is 1. The zero-order chi connectivity index (χ0) is 18.1. The quantitative estimate of drug-likeness (QED) is 0.899. The number of likely N-dealkylation sites (tertiary alicyclic amines) is 1. The molecular formula is C19H21ClN4O2. The first-order chi connectivity index (χ1) is 12.6. The van der Waals surface area contributed by atoms with Gasteiger partial charge in [-0.05, 0) is 37.0 Å². The molecule has 1 saturated heterocycles. The van der Waals surface area contributed by atoms with E-state index in [1.807, 2.05) is 29.2 Å². The number of carbonyl (C=O) groups excluding carboxylic acids is 2. The van der Waals surface area contributed by atoms with E-state index in [0.717, 1.165) is 37.1 Å². The minimum absolute atomic E-state index is 0.0679. The van der Waals surface area contributed by atoms with Crippen LogP contribution in [0.3, 0.4) is 0 Å². The van der Waals surface area contributed by atoms with Crippen LogP contribution in [0.4, 0.5) is 5.82 Å². The molecule has 2 aromatic rings. The van der Waals surface area contributed by atoms with Gasteiger partial charge in [0, 0.05) is 30.1 Å². The van der Waals surface area contributed by atoms with Gasteiger partial charge in [0.05, 0.1) is 18.7 Å². The number of hydrogen-bond acceptors (Lipinski definition) is 3. The Morgan fingerprint density at radius 1 is 1.19 bits per heavy atom. The number of halogens is 1. The van der Waals surface area contributed by atoms with E-state index in [2.05, 4.69) is 10.4 Å². The molecule has 0 saturated carbocycles. The summed E-state index contributed by atoms with van der Waals surface area (Å²) in [6, 6.07) is 7.42. The van der Waals surface area contributed by atoms with Crippen molar-refractivity contribution in [3.05, 3.63) is 35.5 Å². The van der Waals surface area contributed by atoms with Crippen LogP contribution in [0.1, 0.15) is 25.7 Å². The summed E-state index contributed by atoms with van der Waals surface area (Å²) in [6.07, 6.45) is 5.26. The van der Waals surface area contributed by atoms with Crippen molar-refractivity contribution >= 4 is 29.2 Å². The summed E-state index contributed by atoms with van der Waals surface area (Å²) >= 11 is 5.94. The number of fused-ring (bicyclic) bond motifs is 1. The molecule has 1 aromatic carbocycles. The van der Waals surface area contributed by atoms with Crippen LogP contribution in [-0.4, -0.2) is 39.6 Å². The summed E-state index contributed by atoms with van der Waals surface area (Å²) < 4.78 is 1.78. The number of aromatic nitrogens is 2. The Labute approximate surface area is 157 Å². The van der Waals surface area contributed by atoms with Crippen LogP contribution in [0.15, 0.2) is 30.5 Å². The summed E-state index contributed by atoms with van der Waals surface area (Å²) in [7, 11) is 0. The van der Waals surface area contributed by atoms with Crippen LogP contribution in [0.2, 0.25) is 5.02 Å². The SMILES string of the molecule is O=C1Nc2c(-c3ccc(Cl)cc3)cnn2C[C@H]1CC(=O)N1CCCCC1. The number of carbonyl (C=O) groups is 2. The second-order valence-electron chi connectivity index (χ2n) is 6.93. The molecular weight excluding hydrogens is 352 g/mol. The molecule has 2 aliphatic heterocycles. The van der Waals surface area contributed by atoms with Crippen molar-refractivity contribution in [1.29, 1.82) is 0 Å². The van der Waals surface area contributed by atoms with Crippen LogP contribution < -0.4 is 5.32 Å². The lowest BCUT2D eigenvalue weighted by molar-refractivity contribution is -0.136. The van der Waals surface area contributed by atoms with Crippen molar-refractivity contribution in [3.63, 3.8) is 0 Å². The number of hydrogen-bond donors (Lipinski definition) is 1. The third kappa shape index (κ3) is 3.33. The van der Waals surface area contributed by atoms with Gasteiger partial charge < -0.3 is 10.2 Å². The number of amides is 2. The molecule has 2 aliphatic rings. The second-order valence-corrected chi connectivity index (χ2v) is 7.36. The molecule has 0 bridgehead atoms. The van der Waals surface area contributed by atoms with Crippen LogP contribution >= 0.6 is 11.6 Å². The molecule has 1 fully saturated rings. The maximum atomic E-state index is 12.6. The Balaban J connectivity index is 1.50. The van der Waals surface area contributed by atoms with Crippen molar-refractivity contribution in [1.82, 2.24) is 14.7 Å². The van der Waals surface area contributed by atoms with Gasteiger partial charge in [-0.25, -0.2) is 4.68 Å². The highest BCUT2D eigenvalue weighted by Gasteiger charge is 2.32. The maximum absolute atomic E-state index is 12.6. The molecule has 0 aliphatic carbocycles. The van der Waals surface area contributed by atoms with E-state index in [1.54, 1.807) is 10.9 Å². The fourth-order valence-corrected chi connectivity index (χ4v) is 3.77. The van der Waals surface area contributed by atoms with E-state index >= 15 is 0 Å². The Morgan fingerprint density at radius 3 is 2.65 bits per heavy atom. The van der Waals surface area contributed by atoms with Crippen molar-refractivity contribution in [2.75, 3.05) is 18.4 Å². The summed E-state index contributed by atoms with van der Waals surface area (Å²) in [4.78, 5) is 26.9. The molecule has 26 heavy (non-hydrogen) atoms. The molecule has 1 aromatic heterocycles. The Hall–Kier alpha value is -2.34. The average Bonchev–Trinajstić information content (AvgIpc) is 3.06. The van der Waals surface area contributed by atoms with Gasteiger partial charge in [-0.1, -0.05) is 23.7 Å². The molecule has 7 heteroatoms. The number of anilines is 1. The van der Waals surface area contributed by atoms with Crippen LogP contribution in [0.25, 0.3) is 11.1 Å². The average molecular weight is 373 g/mol. The highest BCUT2D eigenvalue weighted by atomic mass is 35.5. The molecule has 0 spiro atoms. The zero-order valence-electron chi connectivity index (χ0n) is 14.4. The number of nitrogens with one attached hydrogen (secondary N) is 1. The Kier molecular flexibility index (Phi) is 4.68. The third-order valence-corrected chi connectivity index (χ3v) is 5.38. The molecule has 4 rings (SSSR count). The fourth-order valence-electron chi connectivity index (χ4n) is 3.65. The molecule has 0 radical (unpaired) electrons. The standard InChI is InChI=1S/C19H21ClN4O2/c20-15-6-4-13(5-7-15)16-11-21-24-12-14(19(26)22-18(16)24)10-17(25)23-8-2-1-3-9-23/h4-7,11,14H,1-3,8-10,12H2,(H,22,26)/t14-/m1/s1. The minimum Gasteiger partial charge on any atom is -0.343 e. The molecule has 6 nitrogen and oxygen atoms in total. The molecule has 136 valence electrons. The van der Waals surface area contributed by atoms with E-state index in [1.165, 1.54) is 6.42 Å². The molecule has 0 unspecified atom stereocenters. The number of nitrogens with zero attached hydrogens (tertiary/aromatic N) is 3. The van der Waals surface area contributed by atoms with Gasteiger partial charge in [-0.3, -0.25) is 9.59 Å². The van der Waals surface area contributed by atoms with E-state index in [-0.39, 0.29) is 24.2 Å². The molecule has 1 N–H and O–H groups in total. The van der Waals surface area contributed by atoms with Crippen molar-refractivity contribution in [3.8, 4) is 11.1 Å². The van der Waals surface area contributed by atoms with Crippen molar-refractivity contribution in [2.45, 2.75) is 32.2 Å². The predicted molar refractivity (Wildman–Crippen MR) is 99.8 cm³/mol. The highest BCUT2D eigenvalue weighted by molar-refractivity contribution is 6.30. The van der Waals surface area contributed by atoms with Gasteiger partial charge in [-0.15, -0.1) is 0 Å². The van der Waals surface area contributed by atoms with Crippen LogP contribution in [0, 0.1) is 5.92 Å². The van der Waals surface area contributed by atoms with Gasteiger partial charge in [0.1, 0.15) is 5.82 Å². The van der Waals surface area contributed by atoms with E-state index in [9.17, 15) is 9.59 Å². The maximum Gasteiger partial charge on any atom is 0.231 e. The normalized spacial score (nSPS) is 19.8. The lowest BCUT2D eigenvalue weighted by atomic mass is 10.00. The van der Waals surface area contributed by atoms with Gasteiger partial charge in [0.15, 0.2) is 0 Å². The monoisotopic (exact) mass is 372 g/mol. The summed E-state index contributed by atoms with van der Waals surface area (Å²) in [5.74, 6) is 0.255. The summed E-state index contributed by atoms with van der Waals surface area (Å²) in [5.41, 5.74) is 1.80. The van der Waals surface area contributed by atoms with Gasteiger partial charge in [0.2, 0.25) is 11.8 Å². The minimum atomic E-state index is -0.380. The Morgan fingerprint density at radius 2 is 1.92 bits per heavy atom. The predicted octanol–water partition coefficient (Wildman–Crippen LogP) is 3.17. The summed E-state index contributed by atoms with van der Waals surface area (Å²) in [5, 5.41) is 8.00. The first kappa shape index (κ1) is 17.1. The van der Waals surface area contributed by atoms with E-state index in [0.29, 0.717) is 17.4 Å². The zero-order valence-corrected chi connectivity index (χ0v) is 15.2. The van der Waals surface area contributed by atoms with Crippen LogP contribution in [0.5, 0.6) is 0 Å². The lowest BCUT2D eigenvalue weighted by Gasteiger charge is -2.29. The van der Waals surface area contributed by atoms with Crippen molar-refractivity contribution < 1.29 is 9.59 Å². The molecule has 2 amide bonds. The molecule has 1 atom stereocenters. The lowest BCUT2D eigenvalue weighted by Crippen LogP contribution is -2.41. The van der Waals surface area contributed by atoms with Gasteiger partial charge in [0.25, 0.3) is 0 Å². The first-order valence-electron chi connectivity index (χ1n) is 9.02. The first-order valence-corrected chi connectivity index (χ1v) is 9.40. The highest BCUT2D eigenvalue weighted by Crippen LogP contribution is 2.32. The fraction of sp³-hybridized carbons (Fsp3) is 0.421. The van der Waals surface area contributed by atoms with Crippen LogP contribution in [-0.2, 0) is 16.1 Å². The largest absolute Gasteiger partial charge is 0.343 e. The Bertz CT molecular complexity index is 825. The number of benzene rings is 1. The molecule has 3 heterocycles. The smallest absolute Gasteiger partial charge is 0.231 e. The topological polar surface area (TPSA) is 67.2 Å². The van der Waals surface area contributed by atoms with E-state index in [4.69, 9.17) is 11.6 Å². The van der Waals surface area contributed by atoms with Gasteiger partial charge in [-0.2, -0.15) is 5.10 Å². The van der Waals surface area contributed by atoms with Crippen molar-refractivity contribution in [2.24, 2.45) is 5.92 Å². The third-order valence-electron chi connectivity index (χ3n) is 5.13. The summed E-state index contributed by atoms with van der Waals surface area (Å²) in [6.45, 7) is 2.04.